The molecule has 10 heteroatoms. The van der Waals surface area contributed by atoms with Gasteiger partial charge in [0.15, 0.2) is 5.13 Å². The first-order valence-electron chi connectivity index (χ1n) is 11.0. The van der Waals surface area contributed by atoms with Gasteiger partial charge in [-0.25, -0.2) is 13.4 Å². The largest absolute Gasteiger partial charge is 0.376 e. The van der Waals surface area contributed by atoms with Crippen LogP contribution in [0.2, 0.25) is 5.02 Å². The van der Waals surface area contributed by atoms with Crippen LogP contribution >= 0.6 is 22.9 Å². The Labute approximate surface area is 202 Å². The molecule has 0 aliphatic carbocycles. The van der Waals surface area contributed by atoms with Crippen LogP contribution in [0.15, 0.2) is 53.4 Å². The number of fused-ring (bicyclic) bond motifs is 1. The van der Waals surface area contributed by atoms with Gasteiger partial charge in [-0.05, 0) is 62.1 Å². The van der Waals surface area contributed by atoms with Crippen LogP contribution in [0.1, 0.15) is 25.7 Å². The van der Waals surface area contributed by atoms with Crippen molar-refractivity contribution in [3.05, 3.63) is 53.6 Å². The average molecular weight is 506 g/mol. The molecule has 2 unspecified atom stereocenters. The van der Waals surface area contributed by atoms with E-state index in [2.05, 4.69) is 4.98 Å². The van der Waals surface area contributed by atoms with Crippen LogP contribution in [0.4, 0.5) is 5.13 Å². The number of sulfonamides is 1. The van der Waals surface area contributed by atoms with Crippen LogP contribution in [0.25, 0.3) is 10.2 Å². The SMILES string of the molecule is O=C(C1CCCN1S(=O)(=O)c1ccc(Cl)cc1)N(CC1CCCO1)c1nc2ccccc2s1. The number of hydrogen-bond acceptors (Lipinski definition) is 6. The fraction of sp³-hybridized carbons (Fsp3) is 0.391. The molecule has 2 aromatic carbocycles. The summed E-state index contributed by atoms with van der Waals surface area (Å²) in [7, 11) is -3.84. The van der Waals surface area contributed by atoms with Gasteiger partial charge in [-0.2, -0.15) is 4.31 Å². The second-order valence-corrected chi connectivity index (χ2v) is 11.6. The lowest BCUT2D eigenvalue weighted by atomic mass is 10.2. The smallest absolute Gasteiger partial charge is 0.247 e. The Bertz CT molecular complexity index is 1220. The van der Waals surface area contributed by atoms with E-state index in [1.54, 1.807) is 17.0 Å². The van der Waals surface area contributed by atoms with E-state index in [4.69, 9.17) is 16.3 Å². The highest BCUT2D eigenvalue weighted by atomic mass is 35.5. The number of anilines is 1. The summed E-state index contributed by atoms with van der Waals surface area (Å²) in [6.45, 7) is 1.34. The Balaban J connectivity index is 1.47. The number of halogens is 1. The van der Waals surface area contributed by atoms with Crippen LogP contribution < -0.4 is 4.90 Å². The average Bonchev–Trinajstić information content (AvgIpc) is 3.57. The Kier molecular flexibility index (Phi) is 6.41. The van der Waals surface area contributed by atoms with Gasteiger partial charge in [0.25, 0.3) is 0 Å². The third kappa shape index (κ3) is 4.52. The number of carbonyl (C=O) groups is 1. The normalized spacial score (nSPS) is 21.6. The summed E-state index contributed by atoms with van der Waals surface area (Å²) >= 11 is 7.38. The van der Waals surface area contributed by atoms with E-state index in [1.165, 1.54) is 27.8 Å². The minimum atomic E-state index is -3.84. The summed E-state index contributed by atoms with van der Waals surface area (Å²) in [6, 6.07) is 13.0. The van der Waals surface area contributed by atoms with Crippen molar-refractivity contribution >= 4 is 54.2 Å². The zero-order valence-corrected chi connectivity index (χ0v) is 20.3. The second kappa shape index (κ2) is 9.31. The highest BCUT2D eigenvalue weighted by molar-refractivity contribution is 7.89. The number of amides is 1. The number of aromatic nitrogens is 1. The monoisotopic (exact) mass is 505 g/mol. The third-order valence-electron chi connectivity index (χ3n) is 6.10. The molecule has 1 amide bonds. The van der Waals surface area contributed by atoms with Crippen LogP contribution in [0.3, 0.4) is 0 Å². The lowest BCUT2D eigenvalue weighted by molar-refractivity contribution is -0.122. The number of nitrogens with zero attached hydrogens (tertiary/aromatic N) is 3. The van der Waals surface area contributed by atoms with Gasteiger partial charge in [-0.3, -0.25) is 9.69 Å². The van der Waals surface area contributed by atoms with Crippen molar-refractivity contribution < 1.29 is 17.9 Å². The van der Waals surface area contributed by atoms with E-state index in [-0.39, 0.29) is 16.9 Å². The molecule has 2 atom stereocenters. The lowest BCUT2D eigenvalue weighted by Gasteiger charge is -2.29. The quantitative estimate of drug-likeness (QED) is 0.498. The van der Waals surface area contributed by atoms with Gasteiger partial charge in [-0.1, -0.05) is 35.1 Å². The Morgan fingerprint density at radius 2 is 1.94 bits per heavy atom. The predicted octanol–water partition coefficient (Wildman–Crippen LogP) is 4.32. The van der Waals surface area contributed by atoms with Crippen LogP contribution in [0, 0.1) is 0 Å². The molecular formula is C23H24ClN3O4S2. The van der Waals surface area contributed by atoms with Gasteiger partial charge < -0.3 is 4.74 Å². The van der Waals surface area contributed by atoms with Crippen molar-refractivity contribution in [3.63, 3.8) is 0 Å². The predicted molar refractivity (Wildman–Crippen MR) is 129 cm³/mol. The highest BCUT2D eigenvalue weighted by Crippen LogP contribution is 2.33. The summed E-state index contributed by atoms with van der Waals surface area (Å²) in [4.78, 5) is 20.3. The number of hydrogen-bond donors (Lipinski definition) is 0. The molecule has 2 fully saturated rings. The number of rotatable bonds is 6. The van der Waals surface area contributed by atoms with E-state index in [0.717, 1.165) is 23.1 Å². The maximum atomic E-state index is 13.9. The Hall–Kier alpha value is -2.04. The lowest BCUT2D eigenvalue weighted by Crippen LogP contribution is -2.49. The number of para-hydroxylation sites is 1. The van der Waals surface area contributed by atoms with Crippen molar-refractivity contribution in [1.29, 1.82) is 0 Å². The molecule has 1 aromatic heterocycles. The molecule has 3 heterocycles. The van der Waals surface area contributed by atoms with E-state index in [1.807, 2.05) is 24.3 Å². The molecule has 174 valence electrons. The maximum Gasteiger partial charge on any atom is 0.247 e. The van der Waals surface area contributed by atoms with Crippen molar-refractivity contribution in [2.24, 2.45) is 0 Å². The first-order valence-corrected chi connectivity index (χ1v) is 13.6. The van der Waals surface area contributed by atoms with Gasteiger partial charge >= 0.3 is 0 Å². The summed E-state index contributed by atoms with van der Waals surface area (Å²) < 4.78 is 34.9. The fourth-order valence-electron chi connectivity index (χ4n) is 4.43. The zero-order valence-electron chi connectivity index (χ0n) is 17.9. The topological polar surface area (TPSA) is 79.8 Å². The molecule has 7 nitrogen and oxygen atoms in total. The zero-order chi connectivity index (χ0) is 23.0. The minimum absolute atomic E-state index is 0.0799. The Morgan fingerprint density at radius 3 is 2.67 bits per heavy atom. The number of ether oxygens (including phenoxy) is 1. The van der Waals surface area contributed by atoms with Crippen molar-refractivity contribution in [2.75, 3.05) is 24.6 Å². The molecule has 0 N–H and O–H groups in total. The number of benzene rings is 2. The standard InChI is InChI=1S/C23H24ClN3O4S2/c24-16-9-11-18(12-10-16)33(29,30)27-13-3-7-20(27)22(28)26(15-17-5-4-14-31-17)23-25-19-6-1-2-8-21(19)32-23/h1-2,6,8-12,17,20H,3-5,7,13-15H2. The molecule has 3 aromatic rings. The minimum Gasteiger partial charge on any atom is -0.376 e. The molecule has 33 heavy (non-hydrogen) atoms. The molecule has 0 spiro atoms. The Morgan fingerprint density at radius 1 is 1.15 bits per heavy atom. The van der Waals surface area contributed by atoms with E-state index in [0.29, 0.717) is 42.7 Å². The molecule has 2 saturated heterocycles. The van der Waals surface area contributed by atoms with E-state index >= 15 is 0 Å². The van der Waals surface area contributed by atoms with Crippen LogP contribution in [0.5, 0.6) is 0 Å². The molecular weight excluding hydrogens is 482 g/mol. The van der Waals surface area contributed by atoms with Crippen LogP contribution in [-0.2, 0) is 19.6 Å². The summed E-state index contributed by atoms with van der Waals surface area (Å²) in [6.07, 6.45) is 2.83. The highest BCUT2D eigenvalue weighted by Gasteiger charge is 2.42. The van der Waals surface area contributed by atoms with Gasteiger partial charge in [-0.15, -0.1) is 0 Å². The van der Waals surface area contributed by atoms with Crippen molar-refractivity contribution in [2.45, 2.75) is 42.7 Å². The number of thiazole rings is 1. The molecule has 0 saturated carbocycles. The van der Waals surface area contributed by atoms with Gasteiger partial charge in [0, 0.05) is 18.2 Å². The van der Waals surface area contributed by atoms with E-state index in [9.17, 15) is 13.2 Å². The van der Waals surface area contributed by atoms with Gasteiger partial charge in [0.2, 0.25) is 15.9 Å². The maximum absolute atomic E-state index is 13.9. The molecule has 0 bridgehead atoms. The molecule has 5 rings (SSSR count). The van der Waals surface area contributed by atoms with Crippen LogP contribution in [-0.4, -0.2) is 55.5 Å². The fourth-order valence-corrected chi connectivity index (χ4v) is 7.18. The number of carbonyl (C=O) groups excluding carboxylic acids is 1. The van der Waals surface area contributed by atoms with Crippen molar-refractivity contribution in [1.82, 2.24) is 9.29 Å². The second-order valence-electron chi connectivity index (χ2n) is 8.28. The summed E-state index contributed by atoms with van der Waals surface area (Å²) in [5, 5.41) is 1.04. The first-order chi connectivity index (χ1) is 15.9. The molecule has 0 radical (unpaired) electrons. The summed E-state index contributed by atoms with van der Waals surface area (Å²) in [5.74, 6) is -0.250. The first kappa shape index (κ1) is 22.7. The van der Waals surface area contributed by atoms with Gasteiger partial charge in [0.05, 0.1) is 27.8 Å². The van der Waals surface area contributed by atoms with E-state index < -0.39 is 16.1 Å². The molecule has 2 aliphatic rings. The van der Waals surface area contributed by atoms with Gasteiger partial charge in [0.1, 0.15) is 6.04 Å². The molecule has 2 aliphatic heterocycles. The summed E-state index contributed by atoms with van der Waals surface area (Å²) in [5.41, 5.74) is 0.819. The van der Waals surface area contributed by atoms with Crippen molar-refractivity contribution in [3.8, 4) is 0 Å². The third-order valence-corrected chi connectivity index (χ3v) is 9.33.